The first-order valence-electron chi connectivity index (χ1n) is 12.2. The number of hydrogen-bond donors (Lipinski definition) is 1. The van der Waals surface area contributed by atoms with Gasteiger partial charge in [-0.1, -0.05) is 66.2 Å². The maximum Gasteiger partial charge on any atom is 0.264 e. The molecule has 0 heterocycles. The van der Waals surface area contributed by atoms with Gasteiger partial charge in [-0.2, -0.15) is 0 Å². The molecular formula is C29H35N3O4S. The molecule has 0 saturated heterocycles. The summed E-state index contributed by atoms with van der Waals surface area (Å²) < 4.78 is 28.4. The van der Waals surface area contributed by atoms with Gasteiger partial charge in [0.1, 0.15) is 12.6 Å². The van der Waals surface area contributed by atoms with Crippen molar-refractivity contribution < 1.29 is 18.0 Å². The Kier molecular flexibility index (Phi) is 8.76. The molecule has 1 atom stereocenters. The molecule has 0 aliphatic rings. The Labute approximate surface area is 220 Å². The topological polar surface area (TPSA) is 86.8 Å². The highest BCUT2D eigenvalue weighted by molar-refractivity contribution is 7.92. The molecule has 7 nitrogen and oxygen atoms in total. The second-order valence-corrected chi connectivity index (χ2v) is 11.9. The van der Waals surface area contributed by atoms with Gasteiger partial charge in [-0.15, -0.1) is 0 Å². The smallest absolute Gasteiger partial charge is 0.264 e. The van der Waals surface area contributed by atoms with Gasteiger partial charge in [0.05, 0.1) is 10.6 Å². The summed E-state index contributed by atoms with van der Waals surface area (Å²) in [5.74, 6) is -0.799. The monoisotopic (exact) mass is 521 g/mol. The highest BCUT2D eigenvalue weighted by Gasteiger charge is 2.33. The molecule has 0 unspecified atom stereocenters. The van der Waals surface area contributed by atoms with Crippen molar-refractivity contribution in [3.63, 3.8) is 0 Å². The van der Waals surface area contributed by atoms with Crippen LogP contribution in [0.25, 0.3) is 0 Å². The summed E-state index contributed by atoms with van der Waals surface area (Å²) in [6.07, 6.45) is 0. The first-order valence-corrected chi connectivity index (χ1v) is 13.6. The lowest BCUT2D eigenvalue weighted by molar-refractivity contribution is -0.140. The fourth-order valence-electron chi connectivity index (χ4n) is 3.91. The Balaban J connectivity index is 2.00. The first kappa shape index (κ1) is 27.9. The third-order valence-corrected chi connectivity index (χ3v) is 7.54. The fourth-order valence-corrected chi connectivity index (χ4v) is 5.34. The van der Waals surface area contributed by atoms with Crippen LogP contribution in [0.5, 0.6) is 0 Å². The van der Waals surface area contributed by atoms with E-state index in [-0.39, 0.29) is 17.3 Å². The summed E-state index contributed by atoms with van der Waals surface area (Å²) in [7, 11) is -4.05. The quantitative estimate of drug-likeness (QED) is 0.449. The van der Waals surface area contributed by atoms with Crippen molar-refractivity contribution in [3.8, 4) is 0 Å². The van der Waals surface area contributed by atoms with Gasteiger partial charge in [0, 0.05) is 12.1 Å². The number of nitrogens with zero attached hydrogens (tertiary/aromatic N) is 2. The molecular weight excluding hydrogens is 486 g/mol. The molecule has 0 saturated carbocycles. The maximum absolute atomic E-state index is 13.8. The largest absolute Gasteiger partial charge is 0.350 e. The van der Waals surface area contributed by atoms with Crippen molar-refractivity contribution in [3.05, 3.63) is 96.1 Å². The van der Waals surface area contributed by atoms with E-state index in [0.29, 0.717) is 5.69 Å². The van der Waals surface area contributed by atoms with E-state index in [1.807, 2.05) is 52.0 Å². The van der Waals surface area contributed by atoms with Crippen LogP contribution in [0.1, 0.15) is 38.8 Å². The molecule has 0 spiro atoms. The average Bonchev–Trinajstić information content (AvgIpc) is 2.85. The summed E-state index contributed by atoms with van der Waals surface area (Å²) in [6, 6.07) is 23.4. The SMILES string of the molecule is Cc1cccc(CN(C(=O)CN(c2ccccc2)S(=O)(=O)c2ccccc2)[C@@H](C)C(=O)NC(C)(C)C)c1. The van der Waals surface area contributed by atoms with Crippen LogP contribution in [0.2, 0.25) is 0 Å². The molecule has 3 aromatic carbocycles. The van der Waals surface area contributed by atoms with E-state index >= 15 is 0 Å². The summed E-state index contributed by atoms with van der Waals surface area (Å²) in [5, 5.41) is 2.93. The second-order valence-electron chi connectivity index (χ2n) is 10.1. The van der Waals surface area contributed by atoms with E-state index in [1.165, 1.54) is 17.0 Å². The Bertz CT molecular complexity index is 1320. The Morgan fingerprint density at radius 3 is 2.05 bits per heavy atom. The number of rotatable bonds is 9. The second kappa shape index (κ2) is 11.6. The third kappa shape index (κ3) is 7.43. The number of carbonyl (C=O) groups excluding carboxylic acids is 2. The summed E-state index contributed by atoms with van der Waals surface area (Å²) in [6.45, 7) is 8.92. The molecule has 3 rings (SSSR count). The van der Waals surface area contributed by atoms with Crippen molar-refractivity contribution >= 4 is 27.5 Å². The number of aryl methyl sites for hydroxylation is 1. The van der Waals surface area contributed by atoms with E-state index in [9.17, 15) is 18.0 Å². The van der Waals surface area contributed by atoms with Gasteiger partial charge in [-0.05, 0) is 64.4 Å². The average molecular weight is 522 g/mol. The molecule has 37 heavy (non-hydrogen) atoms. The highest BCUT2D eigenvalue weighted by atomic mass is 32.2. The Morgan fingerprint density at radius 2 is 1.49 bits per heavy atom. The predicted molar refractivity (Wildman–Crippen MR) is 147 cm³/mol. The molecule has 0 radical (unpaired) electrons. The van der Waals surface area contributed by atoms with Gasteiger partial charge in [0.15, 0.2) is 0 Å². The number of carbonyl (C=O) groups is 2. The number of nitrogens with one attached hydrogen (secondary N) is 1. The molecule has 0 bridgehead atoms. The molecule has 0 fully saturated rings. The lowest BCUT2D eigenvalue weighted by atomic mass is 10.1. The zero-order valence-electron chi connectivity index (χ0n) is 22.0. The lowest BCUT2D eigenvalue weighted by Crippen LogP contribution is -2.54. The molecule has 0 aromatic heterocycles. The number of anilines is 1. The maximum atomic E-state index is 13.8. The first-order chi connectivity index (χ1) is 17.4. The molecule has 2 amide bonds. The minimum atomic E-state index is -4.05. The van der Waals surface area contributed by atoms with E-state index < -0.39 is 34.1 Å². The summed E-state index contributed by atoms with van der Waals surface area (Å²) in [4.78, 5) is 28.5. The molecule has 3 aromatic rings. The van der Waals surface area contributed by atoms with E-state index in [2.05, 4.69) is 5.32 Å². The van der Waals surface area contributed by atoms with Gasteiger partial charge >= 0.3 is 0 Å². The zero-order chi connectivity index (χ0) is 27.2. The van der Waals surface area contributed by atoms with Crippen LogP contribution < -0.4 is 9.62 Å². The van der Waals surface area contributed by atoms with Crippen molar-refractivity contribution in [2.75, 3.05) is 10.8 Å². The van der Waals surface area contributed by atoms with Crippen molar-refractivity contribution in [1.82, 2.24) is 10.2 Å². The predicted octanol–water partition coefficient (Wildman–Crippen LogP) is 4.52. The fraction of sp³-hybridized carbons (Fsp3) is 0.310. The minimum absolute atomic E-state index is 0.0791. The number of para-hydroxylation sites is 1. The van der Waals surface area contributed by atoms with Crippen LogP contribution in [0.3, 0.4) is 0 Å². The molecule has 0 aliphatic heterocycles. The van der Waals surface area contributed by atoms with Gasteiger partial charge < -0.3 is 10.2 Å². The minimum Gasteiger partial charge on any atom is -0.350 e. The van der Waals surface area contributed by atoms with Gasteiger partial charge in [0.25, 0.3) is 10.0 Å². The van der Waals surface area contributed by atoms with E-state index in [0.717, 1.165) is 15.4 Å². The molecule has 196 valence electrons. The molecule has 1 N–H and O–H groups in total. The Hall–Kier alpha value is -3.65. The van der Waals surface area contributed by atoms with Gasteiger partial charge in [0.2, 0.25) is 11.8 Å². The summed E-state index contributed by atoms with van der Waals surface area (Å²) >= 11 is 0. The third-order valence-electron chi connectivity index (χ3n) is 5.76. The van der Waals surface area contributed by atoms with Crippen molar-refractivity contribution in [2.24, 2.45) is 0 Å². The van der Waals surface area contributed by atoms with Crippen LogP contribution in [0.15, 0.2) is 89.8 Å². The van der Waals surface area contributed by atoms with Crippen molar-refractivity contribution in [2.45, 2.75) is 57.6 Å². The van der Waals surface area contributed by atoms with Crippen LogP contribution in [-0.4, -0.2) is 43.3 Å². The van der Waals surface area contributed by atoms with Crippen LogP contribution in [0, 0.1) is 6.92 Å². The number of sulfonamides is 1. The van der Waals surface area contributed by atoms with Gasteiger partial charge in [-0.25, -0.2) is 8.42 Å². The summed E-state index contributed by atoms with van der Waals surface area (Å²) in [5.41, 5.74) is 1.74. The van der Waals surface area contributed by atoms with E-state index in [1.54, 1.807) is 55.5 Å². The lowest BCUT2D eigenvalue weighted by Gasteiger charge is -2.33. The number of amides is 2. The zero-order valence-corrected chi connectivity index (χ0v) is 22.8. The highest BCUT2D eigenvalue weighted by Crippen LogP contribution is 2.24. The number of benzene rings is 3. The van der Waals surface area contributed by atoms with Crippen LogP contribution in [-0.2, 0) is 26.2 Å². The normalized spacial score (nSPS) is 12.5. The molecule has 0 aliphatic carbocycles. The van der Waals surface area contributed by atoms with Crippen LogP contribution in [0.4, 0.5) is 5.69 Å². The standard InChI is InChI=1S/C29H35N3O4S/c1-22-13-12-14-24(19-22)20-31(23(2)28(34)30-29(3,4)5)27(33)21-32(25-15-8-6-9-16-25)37(35,36)26-17-10-7-11-18-26/h6-19,23H,20-21H2,1-5H3,(H,30,34)/t23-/m0/s1. The van der Waals surface area contributed by atoms with E-state index in [4.69, 9.17) is 0 Å². The Morgan fingerprint density at radius 1 is 0.892 bits per heavy atom. The number of hydrogen-bond acceptors (Lipinski definition) is 4. The van der Waals surface area contributed by atoms with Crippen LogP contribution >= 0.6 is 0 Å². The van der Waals surface area contributed by atoms with Crippen molar-refractivity contribution in [1.29, 1.82) is 0 Å². The molecule has 8 heteroatoms. The van der Waals surface area contributed by atoms with Gasteiger partial charge in [-0.3, -0.25) is 13.9 Å².